The van der Waals surface area contributed by atoms with Gasteiger partial charge < -0.3 is 15.0 Å². The molecule has 0 atom stereocenters. The number of benzene rings is 2. The average Bonchev–Trinajstić information content (AvgIpc) is 2.98. The Hall–Kier alpha value is -2.44. The van der Waals surface area contributed by atoms with Gasteiger partial charge in [0.05, 0.1) is 17.8 Å². The van der Waals surface area contributed by atoms with Crippen molar-refractivity contribution < 1.29 is 14.3 Å². The third-order valence-corrected chi connectivity index (χ3v) is 4.57. The fourth-order valence-corrected chi connectivity index (χ4v) is 3.14. The van der Waals surface area contributed by atoms with Gasteiger partial charge in [-0.2, -0.15) is 0 Å². The number of urea groups is 1. The Morgan fingerprint density at radius 1 is 1.15 bits per heavy atom. The van der Waals surface area contributed by atoms with Crippen LogP contribution in [0.15, 0.2) is 42.5 Å². The lowest BCUT2D eigenvalue weighted by atomic mass is 10.3. The summed E-state index contributed by atoms with van der Waals surface area (Å²) in [7, 11) is 1.59. The van der Waals surface area contributed by atoms with E-state index < -0.39 is 0 Å². The number of hydrogen-bond donors (Lipinski definition) is 1. The number of halogens is 2. The number of nitrogens with one attached hydrogen (secondary N) is 1. The quantitative estimate of drug-likeness (QED) is 0.837. The van der Waals surface area contributed by atoms with Crippen LogP contribution in [0.4, 0.5) is 16.2 Å². The van der Waals surface area contributed by atoms with Crippen LogP contribution in [0.3, 0.4) is 0 Å². The summed E-state index contributed by atoms with van der Waals surface area (Å²) in [5.41, 5.74) is 1.22. The maximum absolute atomic E-state index is 12.6. The molecule has 0 aliphatic carbocycles. The van der Waals surface area contributed by atoms with Gasteiger partial charge in [0.2, 0.25) is 5.91 Å². The van der Waals surface area contributed by atoms with Crippen molar-refractivity contribution >= 4 is 46.5 Å². The number of carbonyl (C=O) groups excluding carboxylic acids is 2. The van der Waals surface area contributed by atoms with Crippen LogP contribution in [0, 0.1) is 0 Å². The summed E-state index contributed by atoms with van der Waals surface area (Å²) in [5.74, 6) is 0.399. The second-order valence-corrected chi connectivity index (χ2v) is 6.57. The summed E-state index contributed by atoms with van der Waals surface area (Å²) >= 11 is 11.9. The molecule has 1 saturated heterocycles. The molecule has 0 bridgehead atoms. The molecular weight excluding hydrogens is 377 g/mol. The molecule has 2 aromatic carbocycles. The van der Waals surface area contributed by atoms with E-state index in [0.29, 0.717) is 28.8 Å². The Morgan fingerprint density at radius 2 is 1.88 bits per heavy atom. The minimum absolute atomic E-state index is 0.0511. The molecule has 136 valence electrons. The van der Waals surface area contributed by atoms with Gasteiger partial charge in [-0.15, -0.1) is 0 Å². The van der Waals surface area contributed by atoms with Crippen molar-refractivity contribution in [1.82, 2.24) is 4.90 Å². The number of ether oxygens (including phenoxy) is 1. The monoisotopic (exact) mass is 393 g/mol. The molecule has 0 aromatic heterocycles. The van der Waals surface area contributed by atoms with Gasteiger partial charge in [-0.25, -0.2) is 4.79 Å². The van der Waals surface area contributed by atoms with E-state index in [1.54, 1.807) is 42.3 Å². The first-order valence-corrected chi connectivity index (χ1v) is 8.69. The molecule has 6 nitrogen and oxygen atoms in total. The molecule has 1 heterocycles. The van der Waals surface area contributed by atoms with E-state index in [1.807, 2.05) is 12.1 Å². The van der Waals surface area contributed by atoms with E-state index in [9.17, 15) is 9.59 Å². The maximum Gasteiger partial charge on any atom is 0.325 e. The highest BCUT2D eigenvalue weighted by Gasteiger charge is 2.30. The number of methoxy groups -OCH3 is 1. The first kappa shape index (κ1) is 18.4. The average molecular weight is 394 g/mol. The highest BCUT2D eigenvalue weighted by atomic mass is 35.5. The fraction of sp³-hybridized carbons (Fsp3) is 0.222. The zero-order valence-electron chi connectivity index (χ0n) is 14.0. The van der Waals surface area contributed by atoms with Crippen LogP contribution in [0.25, 0.3) is 0 Å². The number of anilines is 2. The first-order valence-electron chi connectivity index (χ1n) is 7.93. The van der Waals surface area contributed by atoms with Crippen LogP contribution in [-0.2, 0) is 4.79 Å². The summed E-state index contributed by atoms with van der Waals surface area (Å²) in [5, 5.41) is 3.53. The van der Waals surface area contributed by atoms with Crippen molar-refractivity contribution in [2.45, 2.75) is 0 Å². The first-order chi connectivity index (χ1) is 12.5. The Kier molecular flexibility index (Phi) is 5.54. The van der Waals surface area contributed by atoms with Crippen LogP contribution in [-0.4, -0.2) is 43.6 Å². The minimum atomic E-state index is -0.320. The third kappa shape index (κ3) is 4.03. The van der Waals surface area contributed by atoms with Gasteiger partial charge in [-0.05, 0) is 42.5 Å². The van der Waals surface area contributed by atoms with Crippen molar-refractivity contribution in [3.63, 3.8) is 0 Å². The Morgan fingerprint density at radius 3 is 2.54 bits per heavy atom. The maximum atomic E-state index is 12.6. The summed E-state index contributed by atoms with van der Waals surface area (Å²) < 4.78 is 5.12. The number of hydrogen-bond acceptors (Lipinski definition) is 3. The van der Waals surface area contributed by atoms with E-state index in [4.69, 9.17) is 27.9 Å². The van der Waals surface area contributed by atoms with Crippen LogP contribution >= 0.6 is 23.2 Å². The SMILES string of the molecule is COc1ccc(N2CCN(CC(=O)Nc3ccc(Cl)cc3Cl)C2=O)cc1. The lowest BCUT2D eigenvalue weighted by Gasteiger charge is -2.19. The fourth-order valence-electron chi connectivity index (χ4n) is 2.69. The second kappa shape index (κ2) is 7.85. The minimum Gasteiger partial charge on any atom is -0.497 e. The standard InChI is InChI=1S/C18H17Cl2N3O3/c1-26-14-5-3-13(4-6-14)23-9-8-22(18(23)25)11-17(24)21-16-7-2-12(19)10-15(16)20/h2-7,10H,8-9,11H2,1H3,(H,21,24). The zero-order chi connectivity index (χ0) is 18.7. The molecule has 0 saturated carbocycles. The summed E-state index contributed by atoms with van der Waals surface area (Å²) in [6.45, 7) is 0.928. The Balaban J connectivity index is 1.61. The normalized spacial score (nSPS) is 13.9. The van der Waals surface area contributed by atoms with Crippen molar-refractivity contribution in [1.29, 1.82) is 0 Å². The van der Waals surface area contributed by atoms with E-state index in [1.165, 1.54) is 4.90 Å². The largest absolute Gasteiger partial charge is 0.497 e. The van der Waals surface area contributed by atoms with Crippen molar-refractivity contribution in [2.75, 3.05) is 37.0 Å². The van der Waals surface area contributed by atoms with Gasteiger partial charge in [-0.3, -0.25) is 9.69 Å². The topological polar surface area (TPSA) is 61.9 Å². The van der Waals surface area contributed by atoms with Gasteiger partial charge in [0, 0.05) is 23.8 Å². The molecule has 0 spiro atoms. The second-order valence-electron chi connectivity index (χ2n) is 5.73. The molecule has 1 fully saturated rings. The summed E-state index contributed by atoms with van der Waals surface area (Å²) in [4.78, 5) is 27.9. The summed E-state index contributed by atoms with van der Waals surface area (Å²) in [6.07, 6.45) is 0. The van der Waals surface area contributed by atoms with Crippen molar-refractivity contribution in [3.05, 3.63) is 52.5 Å². The molecule has 3 rings (SSSR count). The van der Waals surface area contributed by atoms with Crippen LogP contribution < -0.4 is 15.0 Å². The van der Waals surface area contributed by atoms with Crippen molar-refractivity contribution in [3.8, 4) is 5.75 Å². The highest BCUT2D eigenvalue weighted by Crippen LogP contribution is 2.26. The molecular formula is C18H17Cl2N3O3. The van der Waals surface area contributed by atoms with Crippen molar-refractivity contribution in [2.24, 2.45) is 0 Å². The number of rotatable bonds is 5. The number of nitrogens with zero attached hydrogens (tertiary/aromatic N) is 2. The molecule has 0 unspecified atom stereocenters. The van der Waals surface area contributed by atoms with Gasteiger partial charge in [-0.1, -0.05) is 23.2 Å². The number of carbonyl (C=O) groups is 2. The van der Waals surface area contributed by atoms with E-state index in [2.05, 4.69) is 5.32 Å². The van der Waals surface area contributed by atoms with Gasteiger partial charge in [0.15, 0.2) is 0 Å². The lowest BCUT2D eigenvalue weighted by molar-refractivity contribution is -0.116. The zero-order valence-corrected chi connectivity index (χ0v) is 15.5. The Labute approximate surface area is 161 Å². The lowest BCUT2D eigenvalue weighted by Crippen LogP contribution is -2.37. The predicted octanol–water partition coefficient (Wildman–Crippen LogP) is 3.88. The molecule has 2 aromatic rings. The van der Waals surface area contributed by atoms with E-state index in [0.717, 1.165) is 11.4 Å². The molecule has 3 amide bonds. The van der Waals surface area contributed by atoms with Gasteiger partial charge in [0.1, 0.15) is 12.3 Å². The molecule has 1 aliphatic heterocycles. The highest BCUT2D eigenvalue weighted by molar-refractivity contribution is 6.36. The third-order valence-electron chi connectivity index (χ3n) is 4.02. The van der Waals surface area contributed by atoms with Gasteiger partial charge >= 0.3 is 6.03 Å². The molecule has 1 aliphatic rings. The smallest absolute Gasteiger partial charge is 0.325 e. The van der Waals surface area contributed by atoms with Crippen LogP contribution in [0.5, 0.6) is 5.75 Å². The molecule has 1 N–H and O–H groups in total. The van der Waals surface area contributed by atoms with Gasteiger partial charge in [0.25, 0.3) is 0 Å². The Bertz CT molecular complexity index is 827. The number of amides is 3. The molecule has 8 heteroatoms. The van der Waals surface area contributed by atoms with Crippen LogP contribution in [0.1, 0.15) is 0 Å². The molecule has 26 heavy (non-hydrogen) atoms. The molecule has 0 radical (unpaired) electrons. The van der Waals surface area contributed by atoms with Crippen LogP contribution in [0.2, 0.25) is 10.0 Å². The summed E-state index contributed by atoms with van der Waals surface area (Å²) in [6, 6.07) is 11.8. The van der Waals surface area contributed by atoms with E-state index in [-0.39, 0.29) is 18.5 Å². The van der Waals surface area contributed by atoms with E-state index >= 15 is 0 Å². The predicted molar refractivity (Wildman–Crippen MR) is 102 cm³/mol.